The molecule has 6 rings (SSSR count). The number of phenolic OH excluding ortho intramolecular Hbond substituents is 1. The highest BCUT2D eigenvalue weighted by Gasteiger charge is 2.36. The number of pyridine rings is 2. The molecule has 0 radical (unpaired) electrons. The summed E-state index contributed by atoms with van der Waals surface area (Å²) < 4.78 is 7.85. The molecule has 8 nitrogen and oxygen atoms in total. The number of para-hydroxylation sites is 1. The fraction of sp³-hybridized carbons (Fsp3) is 0.172. The summed E-state index contributed by atoms with van der Waals surface area (Å²) in [6.45, 7) is 4.35. The van der Waals surface area contributed by atoms with Crippen LogP contribution in [0.1, 0.15) is 46.8 Å². The number of aromatic hydroxyl groups is 1. The SMILES string of the molecule is CCn1cc(C(=O)N2N=C(c3cc4ccccc4o3)CC2c2ccc(O)cc2)c(=O)c2ccc(C)nc21. The molecule has 5 aromatic rings. The molecule has 2 aromatic carbocycles. The predicted octanol–water partition coefficient (Wildman–Crippen LogP) is 5.17. The van der Waals surface area contributed by atoms with Crippen molar-refractivity contribution in [1.82, 2.24) is 14.6 Å². The lowest BCUT2D eigenvalue weighted by molar-refractivity contribution is 0.0709. The van der Waals surface area contributed by atoms with Crippen molar-refractivity contribution in [3.8, 4) is 5.75 Å². The van der Waals surface area contributed by atoms with Crippen molar-refractivity contribution >= 4 is 33.6 Å². The number of fused-ring (bicyclic) bond motifs is 2. The Morgan fingerprint density at radius 1 is 1.11 bits per heavy atom. The molecule has 1 aliphatic rings. The second-order valence-corrected chi connectivity index (χ2v) is 9.14. The maximum absolute atomic E-state index is 14.0. The Labute approximate surface area is 212 Å². The van der Waals surface area contributed by atoms with Gasteiger partial charge in [0.1, 0.15) is 28.3 Å². The zero-order chi connectivity index (χ0) is 25.7. The van der Waals surface area contributed by atoms with Gasteiger partial charge in [-0.05, 0) is 55.8 Å². The molecular weight excluding hydrogens is 468 g/mol. The molecule has 1 amide bonds. The van der Waals surface area contributed by atoms with E-state index in [1.807, 2.05) is 48.7 Å². The summed E-state index contributed by atoms with van der Waals surface area (Å²) in [6, 6.07) is 19.3. The van der Waals surface area contributed by atoms with Gasteiger partial charge >= 0.3 is 0 Å². The van der Waals surface area contributed by atoms with E-state index in [9.17, 15) is 14.7 Å². The average Bonchev–Trinajstić information content (AvgIpc) is 3.54. The molecule has 0 aliphatic carbocycles. The molecule has 8 heteroatoms. The number of aryl methyl sites for hydroxylation is 2. The van der Waals surface area contributed by atoms with Crippen molar-refractivity contribution in [3.05, 3.63) is 106 Å². The Hall–Kier alpha value is -4.72. The second kappa shape index (κ2) is 8.74. The minimum absolute atomic E-state index is 0.0263. The number of benzene rings is 2. The normalized spacial score (nSPS) is 15.5. The molecule has 0 fully saturated rings. The maximum atomic E-state index is 14.0. The smallest absolute Gasteiger partial charge is 0.280 e. The third-order valence-corrected chi connectivity index (χ3v) is 6.74. The first-order valence-corrected chi connectivity index (χ1v) is 12.1. The Bertz CT molecular complexity index is 1730. The Morgan fingerprint density at radius 3 is 2.65 bits per heavy atom. The highest BCUT2D eigenvalue weighted by molar-refractivity contribution is 6.05. The molecular formula is C29H24N4O4. The third-order valence-electron chi connectivity index (χ3n) is 6.74. The highest BCUT2D eigenvalue weighted by Crippen LogP contribution is 2.35. The van der Waals surface area contributed by atoms with Crippen LogP contribution in [0, 0.1) is 6.92 Å². The lowest BCUT2D eigenvalue weighted by atomic mass is 10.00. The lowest BCUT2D eigenvalue weighted by Crippen LogP contribution is -2.32. The fourth-order valence-electron chi connectivity index (χ4n) is 4.80. The van der Waals surface area contributed by atoms with Gasteiger partial charge in [0.2, 0.25) is 5.43 Å². The van der Waals surface area contributed by atoms with E-state index in [0.717, 1.165) is 22.2 Å². The zero-order valence-corrected chi connectivity index (χ0v) is 20.4. The first kappa shape index (κ1) is 22.7. The molecule has 0 spiro atoms. The van der Waals surface area contributed by atoms with E-state index in [1.165, 1.54) is 5.01 Å². The minimum Gasteiger partial charge on any atom is -0.508 e. The van der Waals surface area contributed by atoms with E-state index >= 15 is 0 Å². The number of hydrazone groups is 1. The van der Waals surface area contributed by atoms with E-state index in [-0.39, 0.29) is 16.7 Å². The van der Waals surface area contributed by atoms with Gasteiger partial charge in [0, 0.05) is 30.2 Å². The number of amides is 1. The molecule has 1 atom stereocenters. The summed E-state index contributed by atoms with van der Waals surface area (Å²) in [6.07, 6.45) is 1.97. The number of aromatic nitrogens is 2. The number of carbonyl (C=O) groups is 1. The van der Waals surface area contributed by atoms with Crippen molar-refractivity contribution in [2.24, 2.45) is 5.10 Å². The summed E-state index contributed by atoms with van der Waals surface area (Å²) in [5.74, 6) is 0.199. The van der Waals surface area contributed by atoms with Crippen LogP contribution in [0.5, 0.6) is 5.75 Å². The molecule has 4 heterocycles. The zero-order valence-electron chi connectivity index (χ0n) is 20.4. The number of hydrogen-bond donors (Lipinski definition) is 1. The maximum Gasteiger partial charge on any atom is 0.280 e. The average molecular weight is 493 g/mol. The number of nitrogens with zero attached hydrogens (tertiary/aromatic N) is 4. The number of rotatable bonds is 4. The van der Waals surface area contributed by atoms with Crippen LogP contribution in [0.15, 0.2) is 87.2 Å². The Kier molecular flexibility index (Phi) is 5.37. The van der Waals surface area contributed by atoms with Crippen LogP contribution in [0.25, 0.3) is 22.0 Å². The van der Waals surface area contributed by atoms with Crippen molar-refractivity contribution in [2.45, 2.75) is 32.9 Å². The largest absolute Gasteiger partial charge is 0.508 e. The molecule has 0 bridgehead atoms. The van der Waals surface area contributed by atoms with Gasteiger partial charge in [-0.2, -0.15) is 5.10 Å². The van der Waals surface area contributed by atoms with Gasteiger partial charge in [-0.25, -0.2) is 9.99 Å². The van der Waals surface area contributed by atoms with Gasteiger partial charge in [0.25, 0.3) is 5.91 Å². The molecule has 184 valence electrons. The van der Waals surface area contributed by atoms with Gasteiger partial charge in [-0.15, -0.1) is 0 Å². The fourth-order valence-corrected chi connectivity index (χ4v) is 4.80. The van der Waals surface area contributed by atoms with E-state index in [2.05, 4.69) is 10.1 Å². The molecule has 0 saturated heterocycles. The van der Waals surface area contributed by atoms with E-state index < -0.39 is 11.9 Å². The standard InChI is InChI=1S/C29H24N4O4/c1-3-32-16-22(27(35)21-13-8-17(2)30-28(21)32)29(36)33-24(18-9-11-20(34)12-10-18)15-23(31-33)26-14-19-6-4-5-7-25(19)37-26/h4-14,16,24,34H,3,15H2,1-2H3. The summed E-state index contributed by atoms with van der Waals surface area (Å²) >= 11 is 0. The second-order valence-electron chi connectivity index (χ2n) is 9.14. The Morgan fingerprint density at radius 2 is 1.89 bits per heavy atom. The molecule has 1 unspecified atom stereocenters. The predicted molar refractivity (Wildman–Crippen MR) is 141 cm³/mol. The number of furan rings is 1. The first-order valence-electron chi connectivity index (χ1n) is 12.1. The van der Waals surface area contributed by atoms with Gasteiger partial charge in [0.15, 0.2) is 5.76 Å². The number of carbonyl (C=O) groups excluding carboxylic acids is 1. The first-order chi connectivity index (χ1) is 17.9. The molecule has 3 aromatic heterocycles. The quantitative estimate of drug-likeness (QED) is 0.373. The third kappa shape index (κ3) is 3.87. The van der Waals surface area contributed by atoms with E-state index in [4.69, 9.17) is 4.42 Å². The monoisotopic (exact) mass is 492 g/mol. The summed E-state index contributed by atoms with van der Waals surface area (Å²) in [4.78, 5) is 31.9. The number of phenols is 1. The Balaban J connectivity index is 1.48. The van der Waals surface area contributed by atoms with E-state index in [1.54, 1.807) is 42.6 Å². The molecule has 1 aliphatic heterocycles. The van der Waals surface area contributed by atoms with Gasteiger partial charge in [0.05, 0.1) is 11.4 Å². The van der Waals surface area contributed by atoms with Crippen molar-refractivity contribution in [2.75, 3.05) is 0 Å². The van der Waals surface area contributed by atoms with Crippen molar-refractivity contribution in [3.63, 3.8) is 0 Å². The topological polar surface area (TPSA) is 101 Å². The van der Waals surface area contributed by atoms with E-state index in [0.29, 0.717) is 35.5 Å². The summed E-state index contributed by atoms with van der Waals surface area (Å²) in [5.41, 5.74) is 3.11. The molecule has 1 N–H and O–H groups in total. The number of hydrogen-bond acceptors (Lipinski definition) is 6. The highest BCUT2D eigenvalue weighted by atomic mass is 16.3. The molecule has 0 saturated carbocycles. The van der Waals surface area contributed by atoms with Crippen LogP contribution >= 0.6 is 0 Å². The van der Waals surface area contributed by atoms with Gasteiger partial charge < -0.3 is 14.1 Å². The lowest BCUT2D eigenvalue weighted by Gasteiger charge is -2.22. The van der Waals surface area contributed by atoms with Crippen LogP contribution in [0.3, 0.4) is 0 Å². The van der Waals surface area contributed by atoms with Crippen LogP contribution < -0.4 is 5.43 Å². The molecule has 37 heavy (non-hydrogen) atoms. The minimum atomic E-state index is -0.501. The van der Waals surface area contributed by atoms with Gasteiger partial charge in [-0.1, -0.05) is 30.3 Å². The summed E-state index contributed by atoms with van der Waals surface area (Å²) in [5, 5.41) is 17.2. The van der Waals surface area contributed by atoms with Crippen molar-refractivity contribution in [1.29, 1.82) is 0 Å². The summed E-state index contributed by atoms with van der Waals surface area (Å²) in [7, 11) is 0. The van der Waals surface area contributed by atoms with Crippen LogP contribution in [0.2, 0.25) is 0 Å². The van der Waals surface area contributed by atoms with Gasteiger partial charge in [-0.3, -0.25) is 9.59 Å². The van der Waals surface area contributed by atoms with Crippen LogP contribution in [-0.4, -0.2) is 31.3 Å². The van der Waals surface area contributed by atoms with Crippen LogP contribution in [-0.2, 0) is 6.54 Å². The van der Waals surface area contributed by atoms with Crippen LogP contribution in [0.4, 0.5) is 0 Å². The van der Waals surface area contributed by atoms with Crippen molar-refractivity contribution < 1.29 is 14.3 Å².